The molecule has 1 fully saturated rings. The van der Waals surface area contributed by atoms with Crippen LogP contribution < -0.4 is 15.4 Å². The van der Waals surface area contributed by atoms with E-state index in [9.17, 15) is 4.79 Å². The van der Waals surface area contributed by atoms with Gasteiger partial charge in [-0.05, 0) is 31.5 Å². The van der Waals surface area contributed by atoms with Crippen molar-refractivity contribution in [1.82, 2.24) is 10.6 Å². The van der Waals surface area contributed by atoms with Gasteiger partial charge < -0.3 is 15.4 Å². The van der Waals surface area contributed by atoms with Crippen molar-refractivity contribution in [3.05, 3.63) is 29.3 Å². The number of ether oxygens (including phenoxy) is 1. The van der Waals surface area contributed by atoms with Gasteiger partial charge in [0, 0.05) is 19.0 Å². The van der Waals surface area contributed by atoms with Gasteiger partial charge in [-0.1, -0.05) is 23.7 Å². The summed E-state index contributed by atoms with van der Waals surface area (Å²) in [5, 5.41) is 6.83. The molecule has 1 unspecified atom stereocenters. The Morgan fingerprint density at radius 3 is 2.95 bits per heavy atom. The minimum absolute atomic E-state index is 0. The number of benzene rings is 1. The first-order valence-electron chi connectivity index (χ1n) is 6.63. The smallest absolute Gasteiger partial charge is 0.220 e. The maximum Gasteiger partial charge on any atom is 0.220 e. The Kier molecular flexibility index (Phi) is 7.73. The molecule has 0 saturated carbocycles. The van der Waals surface area contributed by atoms with Crippen molar-refractivity contribution in [1.29, 1.82) is 0 Å². The van der Waals surface area contributed by atoms with Gasteiger partial charge in [-0.2, -0.15) is 0 Å². The molecule has 1 atom stereocenters. The average molecular weight is 319 g/mol. The second-order valence-electron chi connectivity index (χ2n) is 4.64. The molecule has 0 radical (unpaired) electrons. The number of carbonyl (C=O) groups is 1. The number of rotatable bonds is 6. The molecule has 6 heteroatoms. The van der Waals surface area contributed by atoms with Gasteiger partial charge in [0.05, 0.1) is 11.6 Å². The fourth-order valence-corrected chi connectivity index (χ4v) is 2.24. The summed E-state index contributed by atoms with van der Waals surface area (Å²) in [4.78, 5) is 11.7. The van der Waals surface area contributed by atoms with E-state index in [1.165, 1.54) is 0 Å². The Balaban J connectivity index is 0.00000200. The molecule has 1 aromatic rings. The first-order chi connectivity index (χ1) is 9.25. The van der Waals surface area contributed by atoms with Gasteiger partial charge in [-0.25, -0.2) is 0 Å². The van der Waals surface area contributed by atoms with Gasteiger partial charge in [-0.3, -0.25) is 4.79 Å². The zero-order valence-corrected chi connectivity index (χ0v) is 12.8. The zero-order chi connectivity index (χ0) is 13.5. The van der Waals surface area contributed by atoms with Gasteiger partial charge >= 0.3 is 0 Å². The molecule has 1 aromatic carbocycles. The highest BCUT2D eigenvalue weighted by atomic mass is 35.5. The molecule has 20 heavy (non-hydrogen) atoms. The quantitative estimate of drug-likeness (QED) is 0.792. The van der Waals surface area contributed by atoms with Gasteiger partial charge in [0.25, 0.3) is 0 Å². The van der Waals surface area contributed by atoms with Crippen molar-refractivity contribution < 1.29 is 9.53 Å². The Morgan fingerprint density at radius 1 is 1.45 bits per heavy atom. The number of halogens is 2. The lowest BCUT2D eigenvalue weighted by atomic mass is 10.2. The lowest BCUT2D eigenvalue weighted by molar-refractivity contribution is -0.121. The molecule has 2 rings (SSSR count). The van der Waals surface area contributed by atoms with Crippen LogP contribution in [0, 0.1) is 0 Å². The lowest BCUT2D eigenvalue weighted by Gasteiger charge is -2.11. The van der Waals surface area contributed by atoms with E-state index >= 15 is 0 Å². The van der Waals surface area contributed by atoms with Gasteiger partial charge in [0.15, 0.2) is 0 Å². The highest BCUT2D eigenvalue weighted by Gasteiger charge is 2.16. The molecule has 4 nitrogen and oxygen atoms in total. The Bertz CT molecular complexity index is 423. The average Bonchev–Trinajstić information content (AvgIpc) is 2.89. The van der Waals surface area contributed by atoms with Crippen molar-refractivity contribution in [2.45, 2.75) is 25.3 Å². The molecule has 0 bridgehead atoms. The second-order valence-corrected chi connectivity index (χ2v) is 5.05. The molecular formula is C14H20Cl2N2O2. The van der Waals surface area contributed by atoms with E-state index in [4.69, 9.17) is 16.3 Å². The molecule has 1 saturated heterocycles. The molecule has 1 aliphatic heterocycles. The van der Waals surface area contributed by atoms with Crippen LogP contribution in [0.25, 0.3) is 0 Å². The first-order valence-corrected chi connectivity index (χ1v) is 7.01. The standard InChI is InChI=1S/C14H19ClN2O2.ClH/c15-12-4-1-2-5-13(12)19-9-3-6-14(18)17-11-7-8-16-10-11;/h1-2,4-5,11,16H,3,6-10H2,(H,17,18);1H. The summed E-state index contributed by atoms with van der Waals surface area (Å²) < 4.78 is 5.53. The summed E-state index contributed by atoms with van der Waals surface area (Å²) in [7, 11) is 0. The van der Waals surface area contributed by atoms with Crippen LogP contribution in [0.15, 0.2) is 24.3 Å². The number of nitrogens with one attached hydrogen (secondary N) is 2. The second kappa shape index (κ2) is 9.06. The van der Waals surface area contributed by atoms with E-state index in [1.807, 2.05) is 18.2 Å². The normalized spacial score (nSPS) is 17.4. The molecule has 0 aliphatic carbocycles. The molecule has 1 aliphatic rings. The fraction of sp³-hybridized carbons (Fsp3) is 0.500. The fourth-order valence-electron chi connectivity index (χ4n) is 2.05. The summed E-state index contributed by atoms with van der Waals surface area (Å²) >= 11 is 5.97. The van der Waals surface area contributed by atoms with Crippen LogP contribution in [0.4, 0.5) is 0 Å². The number of amides is 1. The van der Waals surface area contributed by atoms with Gasteiger partial charge in [-0.15, -0.1) is 12.4 Å². The van der Waals surface area contributed by atoms with E-state index in [2.05, 4.69) is 10.6 Å². The molecule has 1 amide bonds. The van der Waals surface area contributed by atoms with Crippen LogP contribution in [-0.4, -0.2) is 31.6 Å². The monoisotopic (exact) mass is 318 g/mol. The van der Waals surface area contributed by atoms with E-state index in [0.29, 0.717) is 30.2 Å². The molecular weight excluding hydrogens is 299 g/mol. The topological polar surface area (TPSA) is 50.4 Å². The number of hydrogen-bond donors (Lipinski definition) is 2. The summed E-state index contributed by atoms with van der Waals surface area (Å²) in [6.07, 6.45) is 2.19. The summed E-state index contributed by atoms with van der Waals surface area (Å²) in [5.74, 6) is 0.765. The predicted octanol–water partition coefficient (Wildman–Crippen LogP) is 2.40. The summed E-state index contributed by atoms with van der Waals surface area (Å²) in [6.45, 7) is 2.36. The van der Waals surface area contributed by atoms with E-state index in [-0.39, 0.29) is 24.4 Å². The lowest BCUT2D eigenvalue weighted by Crippen LogP contribution is -2.36. The van der Waals surface area contributed by atoms with Crippen LogP contribution in [0.3, 0.4) is 0 Å². The van der Waals surface area contributed by atoms with Crippen molar-refractivity contribution in [2.75, 3.05) is 19.7 Å². The number of hydrogen-bond acceptors (Lipinski definition) is 3. The highest BCUT2D eigenvalue weighted by molar-refractivity contribution is 6.32. The Labute approximate surface area is 130 Å². The third kappa shape index (κ3) is 5.57. The summed E-state index contributed by atoms with van der Waals surface area (Å²) in [6, 6.07) is 7.64. The maximum absolute atomic E-state index is 11.7. The van der Waals surface area contributed by atoms with Crippen molar-refractivity contribution in [2.24, 2.45) is 0 Å². The van der Waals surface area contributed by atoms with Gasteiger partial charge in [0.2, 0.25) is 5.91 Å². The number of carbonyl (C=O) groups excluding carboxylic acids is 1. The third-order valence-electron chi connectivity index (χ3n) is 3.07. The highest BCUT2D eigenvalue weighted by Crippen LogP contribution is 2.23. The largest absolute Gasteiger partial charge is 0.492 e. The predicted molar refractivity (Wildman–Crippen MR) is 82.8 cm³/mol. The Morgan fingerprint density at radius 2 is 2.25 bits per heavy atom. The van der Waals surface area contributed by atoms with Crippen LogP contribution in [-0.2, 0) is 4.79 Å². The van der Waals surface area contributed by atoms with Crippen LogP contribution >= 0.6 is 24.0 Å². The van der Waals surface area contributed by atoms with Crippen molar-refractivity contribution in [3.8, 4) is 5.75 Å². The molecule has 0 aromatic heterocycles. The van der Waals surface area contributed by atoms with E-state index in [1.54, 1.807) is 6.07 Å². The Hall–Kier alpha value is -0.970. The van der Waals surface area contributed by atoms with Gasteiger partial charge in [0.1, 0.15) is 5.75 Å². The van der Waals surface area contributed by atoms with Crippen LogP contribution in [0.2, 0.25) is 5.02 Å². The molecule has 0 spiro atoms. The zero-order valence-electron chi connectivity index (χ0n) is 11.2. The number of para-hydroxylation sites is 1. The minimum Gasteiger partial charge on any atom is -0.492 e. The van der Waals surface area contributed by atoms with Crippen molar-refractivity contribution >= 4 is 29.9 Å². The van der Waals surface area contributed by atoms with Crippen molar-refractivity contribution in [3.63, 3.8) is 0 Å². The SMILES string of the molecule is Cl.O=C(CCCOc1ccccc1Cl)NC1CCNC1. The maximum atomic E-state index is 11.7. The summed E-state index contributed by atoms with van der Waals surface area (Å²) in [5.41, 5.74) is 0. The van der Waals surface area contributed by atoms with E-state index < -0.39 is 0 Å². The third-order valence-corrected chi connectivity index (χ3v) is 3.38. The minimum atomic E-state index is 0. The molecule has 1 heterocycles. The molecule has 112 valence electrons. The first kappa shape index (κ1) is 17.1. The van der Waals surface area contributed by atoms with Crippen LogP contribution in [0.1, 0.15) is 19.3 Å². The van der Waals surface area contributed by atoms with Crippen LogP contribution in [0.5, 0.6) is 5.75 Å². The molecule has 2 N–H and O–H groups in total. The van der Waals surface area contributed by atoms with E-state index in [0.717, 1.165) is 19.5 Å².